The largest absolute Gasteiger partial charge is 0.492 e. The summed E-state index contributed by atoms with van der Waals surface area (Å²) in [7, 11) is 0. The molecule has 0 amide bonds. The summed E-state index contributed by atoms with van der Waals surface area (Å²) in [5.41, 5.74) is 1.42. The Balaban J connectivity index is 1.65. The van der Waals surface area contributed by atoms with Crippen LogP contribution in [0.25, 0.3) is 0 Å². The molecule has 0 fully saturated rings. The standard InChI is InChI=1S/C26H18N2O5/c27-11-3-13-30-17-7-9-21-23(15-17)32-24-16-18(31-14-4-12-28)8-10-22(24)26(21)20-6-2-1-5-19(20)25(29)33-26/h1-2,5-10,15-16H,3-4,13-14H2. The summed E-state index contributed by atoms with van der Waals surface area (Å²) in [4.78, 5) is 12.9. The molecule has 33 heavy (non-hydrogen) atoms. The molecule has 7 nitrogen and oxygen atoms in total. The Morgan fingerprint density at radius 2 is 1.36 bits per heavy atom. The molecule has 2 heterocycles. The third kappa shape index (κ3) is 3.31. The topological polar surface area (TPSA) is 102 Å². The summed E-state index contributed by atoms with van der Waals surface area (Å²) < 4.78 is 23.7. The van der Waals surface area contributed by atoms with Crippen molar-refractivity contribution in [3.63, 3.8) is 0 Å². The summed E-state index contributed by atoms with van der Waals surface area (Å²) in [6, 6.07) is 22.1. The Bertz CT molecular complexity index is 1270. The molecule has 3 aromatic rings. The molecule has 0 aromatic heterocycles. The van der Waals surface area contributed by atoms with Crippen molar-refractivity contribution in [2.45, 2.75) is 18.4 Å². The maximum atomic E-state index is 12.9. The van der Waals surface area contributed by atoms with Gasteiger partial charge < -0.3 is 18.9 Å². The van der Waals surface area contributed by atoms with Gasteiger partial charge in [-0.15, -0.1) is 0 Å². The lowest BCUT2D eigenvalue weighted by Gasteiger charge is -2.36. The Morgan fingerprint density at radius 3 is 1.94 bits per heavy atom. The molecule has 0 unspecified atom stereocenters. The average molecular weight is 438 g/mol. The molecule has 3 aromatic carbocycles. The van der Waals surface area contributed by atoms with Gasteiger partial charge in [-0.25, -0.2) is 4.79 Å². The summed E-state index contributed by atoms with van der Waals surface area (Å²) in [5.74, 6) is 1.64. The minimum Gasteiger partial charge on any atom is -0.492 e. The van der Waals surface area contributed by atoms with Crippen LogP contribution in [0.2, 0.25) is 0 Å². The van der Waals surface area contributed by atoms with Gasteiger partial charge in [-0.05, 0) is 30.3 Å². The maximum absolute atomic E-state index is 12.9. The van der Waals surface area contributed by atoms with E-state index in [-0.39, 0.29) is 26.1 Å². The first-order valence-electron chi connectivity index (χ1n) is 10.5. The molecule has 5 rings (SSSR count). The van der Waals surface area contributed by atoms with Gasteiger partial charge in [-0.1, -0.05) is 18.2 Å². The van der Waals surface area contributed by atoms with E-state index in [1.807, 2.05) is 36.4 Å². The van der Waals surface area contributed by atoms with E-state index in [0.717, 1.165) is 5.56 Å². The Hall–Kier alpha value is -4.49. The van der Waals surface area contributed by atoms with Gasteiger partial charge in [0, 0.05) is 28.8 Å². The first-order chi connectivity index (χ1) is 16.2. The molecule has 0 bridgehead atoms. The van der Waals surface area contributed by atoms with Gasteiger partial charge in [0.05, 0.1) is 30.5 Å². The van der Waals surface area contributed by atoms with Gasteiger partial charge in [0.2, 0.25) is 0 Å². The number of esters is 1. The lowest BCUT2D eigenvalue weighted by Crippen LogP contribution is -2.33. The van der Waals surface area contributed by atoms with E-state index in [0.29, 0.717) is 39.7 Å². The van der Waals surface area contributed by atoms with Gasteiger partial charge in [0.25, 0.3) is 0 Å². The van der Waals surface area contributed by atoms with E-state index in [9.17, 15) is 4.79 Å². The molecule has 162 valence electrons. The number of nitriles is 2. The molecule has 0 atom stereocenters. The van der Waals surface area contributed by atoms with Crippen molar-refractivity contribution >= 4 is 5.97 Å². The molecule has 1 spiro atoms. The summed E-state index contributed by atoms with van der Waals surface area (Å²) in [5, 5.41) is 17.5. The average Bonchev–Trinajstić information content (AvgIpc) is 3.12. The third-order valence-corrected chi connectivity index (χ3v) is 5.62. The molecule has 0 saturated carbocycles. The van der Waals surface area contributed by atoms with Crippen LogP contribution in [0.5, 0.6) is 23.0 Å². The SMILES string of the molecule is N#CCCOc1ccc2c(c1)Oc1cc(OCCC#N)ccc1C21OC(=O)c2ccccc21. The van der Waals surface area contributed by atoms with E-state index in [1.54, 1.807) is 36.4 Å². The second-order valence-corrected chi connectivity index (χ2v) is 7.55. The quantitative estimate of drug-likeness (QED) is 0.401. The van der Waals surface area contributed by atoms with Crippen molar-refractivity contribution in [2.75, 3.05) is 13.2 Å². The van der Waals surface area contributed by atoms with Crippen molar-refractivity contribution in [2.24, 2.45) is 0 Å². The Morgan fingerprint density at radius 1 is 0.788 bits per heavy atom. The molecule has 0 saturated heterocycles. The van der Waals surface area contributed by atoms with Gasteiger partial charge in [0.1, 0.15) is 36.2 Å². The van der Waals surface area contributed by atoms with Gasteiger partial charge in [0.15, 0.2) is 5.60 Å². The monoisotopic (exact) mass is 438 g/mol. The number of nitrogens with zero attached hydrogens (tertiary/aromatic N) is 2. The Kier molecular flexibility index (Phi) is 5.08. The smallest absolute Gasteiger partial charge is 0.340 e. The highest BCUT2D eigenvalue weighted by Gasteiger charge is 2.53. The van der Waals surface area contributed by atoms with Crippen molar-refractivity contribution in [1.29, 1.82) is 10.5 Å². The van der Waals surface area contributed by atoms with Crippen LogP contribution >= 0.6 is 0 Å². The van der Waals surface area contributed by atoms with E-state index < -0.39 is 11.6 Å². The first kappa shape index (κ1) is 20.4. The van der Waals surface area contributed by atoms with Crippen molar-refractivity contribution in [1.82, 2.24) is 0 Å². The maximum Gasteiger partial charge on any atom is 0.340 e. The number of carbonyl (C=O) groups excluding carboxylic acids is 1. The van der Waals surface area contributed by atoms with Gasteiger partial charge in [-0.2, -0.15) is 10.5 Å². The number of hydrogen-bond donors (Lipinski definition) is 0. The normalized spacial score (nSPS) is 14.1. The summed E-state index contributed by atoms with van der Waals surface area (Å²) >= 11 is 0. The number of ether oxygens (including phenoxy) is 4. The van der Waals surface area contributed by atoms with E-state index in [1.165, 1.54) is 0 Å². The molecule has 0 aliphatic carbocycles. The minimum absolute atomic E-state index is 0.256. The lowest BCUT2D eigenvalue weighted by molar-refractivity contribution is 0.0224. The van der Waals surface area contributed by atoms with Crippen LogP contribution in [0.15, 0.2) is 60.7 Å². The Labute approximate surface area is 190 Å². The molecule has 7 heteroatoms. The zero-order valence-corrected chi connectivity index (χ0v) is 17.5. The number of carbonyl (C=O) groups is 1. The van der Waals surface area contributed by atoms with Crippen LogP contribution < -0.4 is 14.2 Å². The minimum atomic E-state index is -1.17. The highest BCUT2D eigenvalue weighted by Crippen LogP contribution is 2.57. The predicted octanol–water partition coefficient (Wildman–Crippen LogP) is 4.84. The second kappa shape index (κ2) is 8.22. The lowest BCUT2D eigenvalue weighted by atomic mass is 9.77. The fourth-order valence-electron chi connectivity index (χ4n) is 4.25. The zero-order chi connectivity index (χ0) is 22.8. The fraction of sp³-hybridized carbons (Fsp3) is 0.192. The molecule has 2 aliphatic heterocycles. The molecule has 0 N–H and O–H groups in total. The van der Waals surface area contributed by atoms with Crippen LogP contribution in [-0.2, 0) is 10.3 Å². The first-order valence-corrected chi connectivity index (χ1v) is 10.5. The number of fused-ring (bicyclic) bond motifs is 6. The van der Waals surface area contributed by atoms with E-state index >= 15 is 0 Å². The van der Waals surface area contributed by atoms with Crippen LogP contribution in [0, 0.1) is 22.7 Å². The predicted molar refractivity (Wildman–Crippen MR) is 116 cm³/mol. The van der Waals surface area contributed by atoms with Crippen LogP contribution in [0.1, 0.15) is 39.9 Å². The van der Waals surface area contributed by atoms with Crippen molar-refractivity contribution < 1.29 is 23.7 Å². The van der Waals surface area contributed by atoms with Crippen molar-refractivity contribution in [3.05, 3.63) is 82.9 Å². The van der Waals surface area contributed by atoms with Crippen LogP contribution in [-0.4, -0.2) is 19.2 Å². The van der Waals surface area contributed by atoms with Crippen molar-refractivity contribution in [3.8, 4) is 35.1 Å². The second-order valence-electron chi connectivity index (χ2n) is 7.55. The molecule has 2 aliphatic rings. The molecule has 0 radical (unpaired) electrons. The van der Waals surface area contributed by atoms with Gasteiger partial charge >= 0.3 is 5.97 Å². The molecular weight excluding hydrogens is 420 g/mol. The molecular formula is C26H18N2O5. The van der Waals surface area contributed by atoms with Crippen LogP contribution in [0.4, 0.5) is 0 Å². The summed E-state index contributed by atoms with van der Waals surface area (Å²) in [6.07, 6.45) is 0.526. The van der Waals surface area contributed by atoms with E-state index in [2.05, 4.69) is 0 Å². The fourth-order valence-corrected chi connectivity index (χ4v) is 4.25. The van der Waals surface area contributed by atoms with Crippen LogP contribution in [0.3, 0.4) is 0 Å². The summed E-state index contributed by atoms with van der Waals surface area (Å²) in [6.45, 7) is 0.511. The van der Waals surface area contributed by atoms with Gasteiger partial charge in [-0.3, -0.25) is 0 Å². The van der Waals surface area contributed by atoms with E-state index in [4.69, 9.17) is 29.5 Å². The number of hydrogen-bond acceptors (Lipinski definition) is 7. The highest BCUT2D eigenvalue weighted by atomic mass is 16.6. The number of benzene rings is 3. The number of rotatable bonds is 6. The third-order valence-electron chi connectivity index (χ3n) is 5.62. The highest BCUT2D eigenvalue weighted by molar-refractivity contribution is 5.97. The zero-order valence-electron chi connectivity index (χ0n) is 17.5.